The van der Waals surface area contributed by atoms with Crippen LogP contribution in [0.15, 0.2) is 30.5 Å². The SMILES string of the molecule is FC(F)Oc1ccccc1-c1cnc(CCNC2CC2)[nH]1. The molecule has 0 amide bonds. The number of imidazole rings is 1. The first-order chi connectivity index (χ1) is 10.2. The fourth-order valence-corrected chi connectivity index (χ4v) is 2.20. The summed E-state index contributed by atoms with van der Waals surface area (Å²) in [4.78, 5) is 7.45. The predicted molar refractivity (Wildman–Crippen MR) is 75.4 cm³/mol. The van der Waals surface area contributed by atoms with E-state index in [1.54, 1.807) is 24.4 Å². The molecule has 0 spiro atoms. The number of ether oxygens (including phenoxy) is 1. The minimum absolute atomic E-state index is 0.152. The summed E-state index contributed by atoms with van der Waals surface area (Å²) < 4.78 is 29.4. The lowest BCUT2D eigenvalue weighted by Crippen LogP contribution is -2.19. The summed E-state index contributed by atoms with van der Waals surface area (Å²) in [6, 6.07) is 7.37. The molecule has 0 atom stereocenters. The van der Waals surface area contributed by atoms with Gasteiger partial charge in [0.1, 0.15) is 11.6 Å². The molecule has 2 N–H and O–H groups in total. The molecule has 112 valence electrons. The third-order valence-corrected chi connectivity index (χ3v) is 3.39. The van der Waals surface area contributed by atoms with Crippen LogP contribution in [0.2, 0.25) is 0 Å². The number of benzene rings is 1. The van der Waals surface area contributed by atoms with Crippen molar-refractivity contribution in [3.63, 3.8) is 0 Å². The van der Waals surface area contributed by atoms with Gasteiger partial charge in [0.2, 0.25) is 0 Å². The Bertz CT molecular complexity index is 596. The predicted octanol–water partition coefficient (Wildman–Crippen LogP) is 2.97. The third kappa shape index (κ3) is 3.78. The van der Waals surface area contributed by atoms with Gasteiger partial charge >= 0.3 is 6.61 Å². The van der Waals surface area contributed by atoms with E-state index in [-0.39, 0.29) is 5.75 Å². The second-order valence-corrected chi connectivity index (χ2v) is 5.10. The smallest absolute Gasteiger partial charge is 0.387 e. The van der Waals surface area contributed by atoms with E-state index in [9.17, 15) is 8.78 Å². The topological polar surface area (TPSA) is 49.9 Å². The van der Waals surface area contributed by atoms with Crippen molar-refractivity contribution in [1.29, 1.82) is 0 Å². The number of aromatic amines is 1. The Morgan fingerprint density at radius 2 is 2.14 bits per heavy atom. The highest BCUT2D eigenvalue weighted by Crippen LogP contribution is 2.29. The molecule has 2 aromatic rings. The number of H-pyrrole nitrogens is 1. The number of hydrogen-bond donors (Lipinski definition) is 2. The summed E-state index contributed by atoms with van der Waals surface area (Å²) in [5, 5.41) is 3.41. The minimum atomic E-state index is -2.84. The average Bonchev–Trinajstić information content (AvgIpc) is 3.16. The summed E-state index contributed by atoms with van der Waals surface area (Å²) in [6.45, 7) is -1.97. The number of nitrogens with zero attached hydrogens (tertiary/aromatic N) is 1. The molecule has 21 heavy (non-hydrogen) atoms. The lowest BCUT2D eigenvalue weighted by atomic mass is 10.1. The molecule has 1 aliphatic carbocycles. The van der Waals surface area contributed by atoms with Crippen molar-refractivity contribution < 1.29 is 13.5 Å². The summed E-state index contributed by atoms with van der Waals surface area (Å²) in [6.07, 6.45) is 4.94. The molecule has 1 aromatic carbocycles. The monoisotopic (exact) mass is 293 g/mol. The molecule has 1 aromatic heterocycles. The van der Waals surface area contributed by atoms with Crippen LogP contribution in [-0.2, 0) is 6.42 Å². The molecular formula is C15H17F2N3O. The number of para-hydroxylation sites is 1. The van der Waals surface area contributed by atoms with Crippen molar-refractivity contribution in [2.75, 3.05) is 6.54 Å². The molecule has 1 fully saturated rings. The van der Waals surface area contributed by atoms with Crippen LogP contribution in [0.3, 0.4) is 0 Å². The van der Waals surface area contributed by atoms with Crippen LogP contribution in [-0.4, -0.2) is 29.2 Å². The molecule has 0 aliphatic heterocycles. The molecule has 3 rings (SSSR count). The van der Waals surface area contributed by atoms with Crippen LogP contribution < -0.4 is 10.1 Å². The van der Waals surface area contributed by atoms with Crippen LogP contribution >= 0.6 is 0 Å². The Labute approximate surface area is 121 Å². The maximum absolute atomic E-state index is 12.4. The highest BCUT2D eigenvalue weighted by atomic mass is 19.3. The molecule has 0 saturated heterocycles. The van der Waals surface area contributed by atoms with Crippen LogP contribution in [0, 0.1) is 0 Å². The van der Waals surface area contributed by atoms with Crippen LogP contribution in [0.1, 0.15) is 18.7 Å². The molecule has 6 heteroatoms. The van der Waals surface area contributed by atoms with E-state index in [0.717, 1.165) is 18.8 Å². The quantitative estimate of drug-likeness (QED) is 0.825. The van der Waals surface area contributed by atoms with Crippen molar-refractivity contribution in [2.24, 2.45) is 0 Å². The first-order valence-electron chi connectivity index (χ1n) is 7.04. The molecule has 0 unspecified atom stereocenters. The van der Waals surface area contributed by atoms with E-state index in [2.05, 4.69) is 20.0 Å². The Balaban J connectivity index is 1.69. The van der Waals surface area contributed by atoms with E-state index >= 15 is 0 Å². The number of alkyl halides is 2. The average molecular weight is 293 g/mol. The molecule has 1 saturated carbocycles. The fourth-order valence-electron chi connectivity index (χ4n) is 2.20. The lowest BCUT2D eigenvalue weighted by Gasteiger charge is -2.08. The zero-order valence-corrected chi connectivity index (χ0v) is 11.5. The lowest BCUT2D eigenvalue weighted by molar-refractivity contribution is -0.0494. The van der Waals surface area contributed by atoms with Gasteiger partial charge in [0.05, 0.1) is 11.9 Å². The zero-order valence-electron chi connectivity index (χ0n) is 11.5. The van der Waals surface area contributed by atoms with Crippen LogP contribution in [0.4, 0.5) is 8.78 Å². The van der Waals surface area contributed by atoms with E-state index < -0.39 is 6.61 Å². The summed E-state index contributed by atoms with van der Waals surface area (Å²) in [7, 11) is 0. The second kappa shape index (κ2) is 6.22. The molecule has 1 aliphatic rings. The van der Waals surface area contributed by atoms with Gasteiger partial charge in [0, 0.05) is 24.6 Å². The Kier molecular flexibility index (Phi) is 4.15. The van der Waals surface area contributed by atoms with Gasteiger partial charge in [0.15, 0.2) is 0 Å². The summed E-state index contributed by atoms with van der Waals surface area (Å²) in [5.41, 5.74) is 1.28. The summed E-state index contributed by atoms with van der Waals surface area (Å²) >= 11 is 0. The highest BCUT2D eigenvalue weighted by molar-refractivity contribution is 5.66. The largest absolute Gasteiger partial charge is 0.434 e. The van der Waals surface area contributed by atoms with Gasteiger partial charge in [0.25, 0.3) is 0 Å². The maximum atomic E-state index is 12.4. The number of nitrogens with one attached hydrogen (secondary N) is 2. The second-order valence-electron chi connectivity index (χ2n) is 5.10. The van der Waals surface area contributed by atoms with Gasteiger partial charge in [-0.15, -0.1) is 0 Å². The number of hydrogen-bond acceptors (Lipinski definition) is 3. The van der Waals surface area contributed by atoms with Gasteiger partial charge < -0.3 is 15.0 Å². The molecular weight excluding hydrogens is 276 g/mol. The standard InChI is InChI=1S/C15H17F2N3O/c16-15(17)21-13-4-2-1-3-11(13)12-9-19-14(20-12)7-8-18-10-5-6-10/h1-4,9-10,15,18H,5-8H2,(H,19,20). The van der Waals surface area contributed by atoms with E-state index in [0.29, 0.717) is 17.3 Å². The maximum Gasteiger partial charge on any atom is 0.387 e. The fraction of sp³-hybridized carbons (Fsp3) is 0.400. The molecule has 1 heterocycles. The van der Waals surface area contributed by atoms with Crippen molar-refractivity contribution in [2.45, 2.75) is 31.9 Å². The number of halogens is 2. The van der Waals surface area contributed by atoms with Gasteiger partial charge in [-0.2, -0.15) is 8.78 Å². The Morgan fingerprint density at radius 1 is 1.33 bits per heavy atom. The Morgan fingerprint density at radius 3 is 2.90 bits per heavy atom. The van der Waals surface area contributed by atoms with Gasteiger partial charge in [-0.3, -0.25) is 0 Å². The van der Waals surface area contributed by atoms with Gasteiger partial charge in [-0.05, 0) is 25.0 Å². The van der Waals surface area contributed by atoms with Crippen molar-refractivity contribution >= 4 is 0 Å². The third-order valence-electron chi connectivity index (χ3n) is 3.39. The first kappa shape index (κ1) is 14.0. The van der Waals surface area contributed by atoms with Crippen molar-refractivity contribution in [1.82, 2.24) is 15.3 Å². The van der Waals surface area contributed by atoms with Crippen molar-refractivity contribution in [3.05, 3.63) is 36.3 Å². The zero-order chi connectivity index (χ0) is 14.7. The minimum Gasteiger partial charge on any atom is -0.434 e. The summed E-state index contributed by atoms with van der Waals surface area (Å²) in [5.74, 6) is 0.990. The van der Waals surface area contributed by atoms with E-state index in [1.165, 1.54) is 18.9 Å². The Hall–Kier alpha value is -1.95. The highest BCUT2D eigenvalue weighted by Gasteiger charge is 2.20. The van der Waals surface area contributed by atoms with Crippen LogP contribution in [0.25, 0.3) is 11.3 Å². The molecule has 4 nitrogen and oxygen atoms in total. The van der Waals surface area contributed by atoms with E-state index in [1.807, 2.05) is 0 Å². The number of rotatable bonds is 7. The van der Waals surface area contributed by atoms with Gasteiger partial charge in [-0.25, -0.2) is 4.98 Å². The molecule has 0 bridgehead atoms. The van der Waals surface area contributed by atoms with E-state index in [4.69, 9.17) is 0 Å². The number of aromatic nitrogens is 2. The molecule has 0 radical (unpaired) electrons. The van der Waals surface area contributed by atoms with Gasteiger partial charge in [-0.1, -0.05) is 12.1 Å². The normalized spacial score (nSPS) is 14.6. The van der Waals surface area contributed by atoms with Crippen LogP contribution in [0.5, 0.6) is 5.75 Å². The first-order valence-corrected chi connectivity index (χ1v) is 7.04. The van der Waals surface area contributed by atoms with Crippen molar-refractivity contribution in [3.8, 4) is 17.0 Å².